The summed E-state index contributed by atoms with van der Waals surface area (Å²) in [5, 5.41) is 4.17. The minimum absolute atomic E-state index is 0.181. The van der Waals surface area contributed by atoms with Crippen molar-refractivity contribution in [1.82, 2.24) is 15.0 Å². The number of hydrazone groups is 1. The zero-order chi connectivity index (χ0) is 16.2. The van der Waals surface area contributed by atoms with Gasteiger partial charge in [0.15, 0.2) is 0 Å². The summed E-state index contributed by atoms with van der Waals surface area (Å²) in [6.45, 7) is 4.09. The summed E-state index contributed by atoms with van der Waals surface area (Å²) >= 11 is 0. The number of carbonyl (C=O) groups excluding carboxylic acids is 1. The van der Waals surface area contributed by atoms with Crippen molar-refractivity contribution in [3.63, 3.8) is 0 Å². The highest BCUT2D eigenvalue weighted by molar-refractivity contribution is 5.99. The van der Waals surface area contributed by atoms with Gasteiger partial charge in [-0.25, -0.2) is 10.4 Å². The van der Waals surface area contributed by atoms with E-state index < -0.39 is 0 Å². The summed E-state index contributed by atoms with van der Waals surface area (Å²) in [5.41, 5.74) is 7.36. The molecule has 5 heteroatoms. The van der Waals surface area contributed by atoms with Crippen LogP contribution in [0.2, 0.25) is 0 Å². The molecule has 0 unspecified atom stereocenters. The zero-order valence-electron chi connectivity index (χ0n) is 13.2. The van der Waals surface area contributed by atoms with Crippen molar-refractivity contribution in [3.8, 4) is 0 Å². The highest BCUT2D eigenvalue weighted by atomic mass is 16.2. The van der Waals surface area contributed by atoms with Gasteiger partial charge in [-0.1, -0.05) is 42.0 Å². The predicted octanol–water partition coefficient (Wildman–Crippen LogP) is 2.89. The Bertz CT molecular complexity index is 862. The Morgan fingerprint density at radius 1 is 1.17 bits per heavy atom. The molecule has 0 spiro atoms. The van der Waals surface area contributed by atoms with Crippen LogP contribution in [0, 0.1) is 6.92 Å². The van der Waals surface area contributed by atoms with Gasteiger partial charge < -0.3 is 4.57 Å². The Labute approximate surface area is 134 Å². The minimum atomic E-state index is -0.181. The zero-order valence-corrected chi connectivity index (χ0v) is 13.2. The molecule has 0 radical (unpaired) electrons. The second-order valence-corrected chi connectivity index (χ2v) is 5.46. The van der Waals surface area contributed by atoms with E-state index >= 15 is 0 Å². The van der Waals surface area contributed by atoms with E-state index in [0.29, 0.717) is 0 Å². The molecular weight excluding hydrogens is 288 g/mol. The Morgan fingerprint density at radius 3 is 2.70 bits per heavy atom. The lowest BCUT2D eigenvalue weighted by molar-refractivity contribution is -0.121. The van der Waals surface area contributed by atoms with E-state index in [9.17, 15) is 4.79 Å². The van der Waals surface area contributed by atoms with Crippen molar-refractivity contribution in [2.75, 3.05) is 0 Å². The Hall–Kier alpha value is -2.95. The number of rotatable bonds is 4. The number of aromatic nitrogens is 2. The maximum absolute atomic E-state index is 12.1. The molecule has 0 aliphatic carbocycles. The molecule has 0 atom stereocenters. The molecule has 5 nitrogen and oxygen atoms in total. The van der Waals surface area contributed by atoms with Gasteiger partial charge in [-0.15, -0.1) is 0 Å². The highest BCUT2D eigenvalue weighted by Gasteiger charge is 2.06. The average Bonchev–Trinajstić information content (AvgIpc) is 2.96. The molecule has 3 aromatic rings. The van der Waals surface area contributed by atoms with Crippen LogP contribution in [0.4, 0.5) is 0 Å². The van der Waals surface area contributed by atoms with Gasteiger partial charge in [-0.2, -0.15) is 5.10 Å². The van der Waals surface area contributed by atoms with Crippen LogP contribution in [0.15, 0.2) is 60.0 Å². The van der Waals surface area contributed by atoms with Crippen molar-refractivity contribution in [2.45, 2.75) is 20.4 Å². The monoisotopic (exact) mass is 306 g/mol. The second kappa shape index (κ2) is 6.44. The predicted molar refractivity (Wildman–Crippen MR) is 91.3 cm³/mol. The minimum Gasteiger partial charge on any atom is -0.321 e. The molecule has 3 rings (SSSR count). The maximum atomic E-state index is 12.1. The van der Waals surface area contributed by atoms with Crippen molar-refractivity contribution < 1.29 is 4.79 Å². The molecule has 0 fully saturated rings. The second-order valence-electron chi connectivity index (χ2n) is 5.46. The Morgan fingerprint density at radius 2 is 1.91 bits per heavy atom. The quantitative estimate of drug-likeness (QED) is 0.595. The molecule has 0 saturated heterocycles. The van der Waals surface area contributed by atoms with Gasteiger partial charge in [0, 0.05) is 0 Å². The van der Waals surface area contributed by atoms with E-state index in [2.05, 4.69) is 15.5 Å². The molecule has 1 aromatic heterocycles. The van der Waals surface area contributed by atoms with Crippen molar-refractivity contribution in [3.05, 3.63) is 66.0 Å². The summed E-state index contributed by atoms with van der Waals surface area (Å²) in [4.78, 5) is 16.3. The number of para-hydroxylation sites is 2. The van der Waals surface area contributed by atoms with Gasteiger partial charge in [0.1, 0.15) is 6.54 Å². The van der Waals surface area contributed by atoms with E-state index in [1.54, 1.807) is 10.9 Å². The third-order valence-corrected chi connectivity index (χ3v) is 3.66. The first-order chi connectivity index (χ1) is 11.1. The fraction of sp³-hybridized carbons (Fsp3) is 0.167. The number of nitrogens with one attached hydrogen (secondary N) is 1. The molecular formula is C18H18N4O. The van der Waals surface area contributed by atoms with Gasteiger partial charge >= 0.3 is 0 Å². The average molecular weight is 306 g/mol. The highest BCUT2D eigenvalue weighted by Crippen LogP contribution is 2.11. The largest absolute Gasteiger partial charge is 0.321 e. The Kier molecular flexibility index (Phi) is 4.19. The van der Waals surface area contributed by atoms with Crippen molar-refractivity contribution >= 4 is 22.7 Å². The van der Waals surface area contributed by atoms with E-state index in [1.165, 1.54) is 5.56 Å². The van der Waals surface area contributed by atoms with Gasteiger partial charge in [-0.3, -0.25) is 4.79 Å². The standard InChI is InChI=1S/C18H18N4O/c1-13-7-9-15(10-8-13)14(2)20-21-18(23)11-22-12-19-16-5-3-4-6-17(16)22/h3-10,12H,11H2,1-2H3,(H,21,23)/b20-14+. The van der Waals surface area contributed by atoms with Crippen LogP contribution in [0.5, 0.6) is 0 Å². The lowest BCUT2D eigenvalue weighted by Crippen LogP contribution is -2.24. The number of aryl methyl sites for hydroxylation is 1. The molecule has 1 heterocycles. The van der Waals surface area contributed by atoms with Crippen LogP contribution in [0.25, 0.3) is 11.0 Å². The molecule has 1 N–H and O–H groups in total. The molecule has 0 bridgehead atoms. The van der Waals surface area contributed by atoms with Crippen molar-refractivity contribution in [2.24, 2.45) is 5.10 Å². The van der Waals surface area contributed by atoms with Gasteiger partial charge in [0.25, 0.3) is 5.91 Å². The number of nitrogens with zero attached hydrogens (tertiary/aromatic N) is 3. The lowest BCUT2D eigenvalue weighted by Gasteiger charge is -2.05. The molecule has 23 heavy (non-hydrogen) atoms. The lowest BCUT2D eigenvalue weighted by atomic mass is 10.1. The number of fused-ring (bicyclic) bond motifs is 1. The van der Waals surface area contributed by atoms with Gasteiger partial charge in [0.2, 0.25) is 0 Å². The van der Waals surface area contributed by atoms with E-state index in [1.807, 2.05) is 62.4 Å². The summed E-state index contributed by atoms with van der Waals surface area (Å²) in [6.07, 6.45) is 1.67. The molecule has 1 amide bonds. The van der Waals surface area contributed by atoms with Gasteiger partial charge in [0.05, 0.1) is 23.1 Å². The molecule has 0 saturated carbocycles. The Balaban J connectivity index is 1.67. The van der Waals surface area contributed by atoms with Crippen LogP contribution >= 0.6 is 0 Å². The summed E-state index contributed by atoms with van der Waals surface area (Å²) in [6, 6.07) is 15.7. The smallest absolute Gasteiger partial charge is 0.260 e. The summed E-state index contributed by atoms with van der Waals surface area (Å²) in [7, 11) is 0. The normalized spacial score (nSPS) is 11.7. The number of benzene rings is 2. The third-order valence-electron chi connectivity index (χ3n) is 3.66. The van der Waals surface area contributed by atoms with Crippen LogP contribution in [0.1, 0.15) is 18.1 Å². The SMILES string of the molecule is C/C(=N\NC(=O)Cn1cnc2ccccc21)c1ccc(C)cc1. The topological polar surface area (TPSA) is 59.3 Å². The summed E-state index contributed by atoms with van der Waals surface area (Å²) in [5.74, 6) is -0.181. The first-order valence-electron chi connectivity index (χ1n) is 7.43. The third kappa shape index (κ3) is 3.45. The first-order valence-corrected chi connectivity index (χ1v) is 7.43. The summed E-state index contributed by atoms with van der Waals surface area (Å²) < 4.78 is 1.81. The maximum Gasteiger partial charge on any atom is 0.260 e. The fourth-order valence-corrected chi connectivity index (χ4v) is 2.33. The van der Waals surface area contributed by atoms with E-state index in [4.69, 9.17) is 0 Å². The number of hydrogen-bond donors (Lipinski definition) is 1. The molecule has 0 aliphatic rings. The molecule has 2 aromatic carbocycles. The van der Waals surface area contributed by atoms with Crippen LogP contribution in [-0.4, -0.2) is 21.2 Å². The number of hydrogen-bond acceptors (Lipinski definition) is 3. The number of imidazole rings is 1. The molecule has 0 aliphatic heterocycles. The van der Waals surface area contributed by atoms with E-state index in [0.717, 1.165) is 22.3 Å². The van der Waals surface area contributed by atoms with Crippen LogP contribution in [-0.2, 0) is 11.3 Å². The van der Waals surface area contributed by atoms with E-state index in [-0.39, 0.29) is 12.5 Å². The number of carbonyl (C=O) groups is 1. The molecule has 116 valence electrons. The van der Waals surface area contributed by atoms with Gasteiger partial charge in [-0.05, 0) is 31.5 Å². The van der Waals surface area contributed by atoms with Crippen molar-refractivity contribution in [1.29, 1.82) is 0 Å². The number of amides is 1. The first kappa shape index (κ1) is 15.0. The van der Waals surface area contributed by atoms with Crippen LogP contribution < -0.4 is 5.43 Å². The fourth-order valence-electron chi connectivity index (χ4n) is 2.33. The van der Waals surface area contributed by atoms with Crippen LogP contribution in [0.3, 0.4) is 0 Å².